The molecule has 2 aromatic carbocycles. The minimum absolute atomic E-state index is 0.0835. The number of carboxylic acid groups (broad SMARTS) is 3. The van der Waals surface area contributed by atoms with Crippen molar-refractivity contribution >= 4 is 34.7 Å². The van der Waals surface area contributed by atoms with Crippen molar-refractivity contribution in [3.63, 3.8) is 0 Å². The van der Waals surface area contributed by atoms with E-state index in [1.807, 2.05) is 6.07 Å². The van der Waals surface area contributed by atoms with E-state index in [4.69, 9.17) is 20.4 Å². The number of aliphatic hydroxyl groups is 1. The number of hydrogen-bond acceptors (Lipinski definition) is 6. The van der Waals surface area contributed by atoms with Crippen LogP contribution in [0, 0.1) is 11.6 Å². The lowest BCUT2D eigenvalue weighted by atomic mass is 9.80. The fraction of sp³-hybridized carbons (Fsp3) is 0.419. The molecule has 0 bridgehead atoms. The molecule has 1 aliphatic rings. The zero-order valence-corrected chi connectivity index (χ0v) is 24.7. The first-order valence-corrected chi connectivity index (χ1v) is 14.0. The molecule has 13 heteroatoms. The Hall–Kier alpha value is -4.36. The van der Waals surface area contributed by atoms with Crippen molar-refractivity contribution in [2.24, 2.45) is 0 Å². The third-order valence-corrected chi connectivity index (χ3v) is 7.64. The number of likely N-dealkylation sites (tertiary alicyclic amines) is 1. The van der Waals surface area contributed by atoms with Gasteiger partial charge in [0.15, 0.2) is 5.60 Å². The van der Waals surface area contributed by atoms with Crippen molar-refractivity contribution in [3.8, 4) is 0 Å². The van der Waals surface area contributed by atoms with E-state index in [2.05, 4.69) is 34.8 Å². The van der Waals surface area contributed by atoms with Gasteiger partial charge in [0.2, 0.25) is 5.91 Å². The van der Waals surface area contributed by atoms with Gasteiger partial charge in [-0.1, -0.05) is 12.1 Å². The van der Waals surface area contributed by atoms with Crippen molar-refractivity contribution < 1.29 is 48.4 Å². The third kappa shape index (κ3) is 8.38. The van der Waals surface area contributed by atoms with Crippen molar-refractivity contribution in [1.29, 1.82) is 0 Å². The molecule has 0 spiro atoms. The molecule has 44 heavy (non-hydrogen) atoms. The van der Waals surface area contributed by atoms with Crippen molar-refractivity contribution in [2.75, 3.05) is 13.1 Å². The van der Waals surface area contributed by atoms with Gasteiger partial charge in [-0.15, -0.1) is 0 Å². The van der Waals surface area contributed by atoms with Crippen LogP contribution in [-0.2, 0) is 31.3 Å². The minimum atomic E-state index is -2.74. The first-order chi connectivity index (χ1) is 20.5. The van der Waals surface area contributed by atoms with Crippen LogP contribution in [0.5, 0.6) is 0 Å². The average molecular weight is 618 g/mol. The van der Waals surface area contributed by atoms with Crippen molar-refractivity contribution in [1.82, 2.24) is 14.8 Å². The molecular formula is C31H37F2N3O8. The van der Waals surface area contributed by atoms with Crippen molar-refractivity contribution in [2.45, 2.75) is 70.2 Å². The second-order valence-corrected chi connectivity index (χ2v) is 11.3. The first kappa shape index (κ1) is 34.1. The van der Waals surface area contributed by atoms with E-state index in [1.54, 1.807) is 18.2 Å². The summed E-state index contributed by atoms with van der Waals surface area (Å²) in [5.74, 6) is -5.61. The average Bonchev–Trinajstić information content (AvgIpc) is 3.27. The number of amides is 1. The predicted molar refractivity (Wildman–Crippen MR) is 156 cm³/mol. The predicted octanol–water partition coefficient (Wildman–Crippen LogP) is 3.88. The summed E-state index contributed by atoms with van der Waals surface area (Å²) in [5.41, 5.74) is -0.183. The van der Waals surface area contributed by atoms with Gasteiger partial charge >= 0.3 is 17.9 Å². The summed E-state index contributed by atoms with van der Waals surface area (Å²) in [6.45, 7) is 8.08. The topological polar surface area (TPSA) is 169 Å². The highest BCUT2D eigenvalue weighted by atomic mass is 19.1. The lowest BCUT2D eigenvalue weighted by Crippen LogP contribution is -2.52. The normalized spacial score (nSPS) is 15.0. The summed E-state index contributed by atoms with van der Waals surface area (Å²) in [7, 11) is 0. The summed E-state index contributed by atoms with van der Waals surface area (Å²) < 4.78 is 29.4. The number of carbonyl (C=O) groups excluding carboxylic acids is 1. The van der Waals surface area contributed by atoms with Crippen LogP contribution in [0.1, 0.15) is 63.6 Å². The summed E-state index contributed by atoms with van der Waals surface area (Å²) >= 11 is 0. The van der Waals surface area contributed by atoms with Crippen LogP contribution in [0.2, 0.25) is 0 Å². The second-order valence-electron chi connectivity index (χ2n) is 11.3. The molecule has 5 N–H and O–H groups in total. The molecule has 0 aliphatic carbocycles. The molecule has 238 valence electrons. The Labute approximate surface area is 252 Å². The quantitative estimate of drug-likeness (QED) is 0.227. The Morgan fingerprint density at radius 2 is 1.48 bits per heavy atom. The SMILES string of the molecule is CC(=O)NC1(c2ccc(F)cc2)CCN(Cc2cn(C(C)C)c3cc(F)ccc23)CC1.O=C(O)CC(O)(CC(=O)O)C(=O)O. The van der Waals surface area contributed by atoms with E-state index in [-0.39, 0.29) is 23.6 Å². The number of halogens is 2. The number of carbonyl (C=O) groups is 4. The smallest absolute Gasteiger partial charge is 0.336 e. The number of rotatable bonds is 10. The lowest BCUT2D eigenvalue weighted by Gasteiger charge is -2.42. The molecule has 0 saturated carbocycles. The van der Waals surface area contributed by atoms with Crippen LogP contribution in [0.25, 0.3) is 10.9 Å². The van der Waals surface area contributed by atoms with Gasteiger partial charge in [-0.3, -0.25) is 19.3 Å². The summed E-state index contributed by atoms with van der Waals surface area (Å²) in [6.07, 6.45) is 1.33. The van der Waals surface area contributed by atoms with E-state index < -0.39 is 41.9 Å². The lowest BCUT2D eigenvalue weighted by molar-refractivity contribution is -0.170. The highest BCUT2D eigenvalue weighted by Crippen LogP contribution is 2.35. The molecule has 1 saturated heterocycles. The number of aliphatic carboxylic acids is 3. The van der Waals surface area contributed by atoms with Crippen LogP contribution >= 0.6 is 0 Å². The largest absolute Gasteiger partial charge is 0.481 e. The highest BCUT2D eigenvalue weighted by Gasteiger charge is 2.41. The maximum absolute atomic E-state index is 13.8. The Kier molecular flexibility index (Phi) is 10.8. The molecule has 1 amide bonds. The van der Waals surface area contributed by atoms with E-state index in [0.29, 0.717) is 0 Å². The van der Waals surface area contributed by atoms with Gasteiger partial charge in [0.25, 0.3) is 0 Å². The van der Waals surface area contributed by atoms with Crippen LogP contribution in [0.3, 0.4) is 0 Å². The maximum atomic E-state index is 13.8. The summed E-state index contributed by atoms with van der Waals surface area (Å²) in [5, 5.41) is 38.0. The number of nitrogens with one attached hydrogen (secondary N) is 1. The monoisotopic (exact) mass is 617 g/mol. The summed E-state index contributed by atoms with van der Waals surface area (Å²) in [4.78, 5) is 44.8. The fourth-order valence-corrected chi connectivity index (χ4v) is 5.49. The van der Waals surface area contributed by atoms with E-state index in [9.17, 15) is 28.0 Å². The van der Waals surface area contributed by atoms with E-state index in [0.717, 1.165) is 48.9 Å². The number of benzene rings is 2. The number of piperidine rings is 1. The number of fused-ring (bicyclic) bond motifs is 1. The van der Waals surface area contributed by atoms with Gasteiger partial charge in [-0.05, 0) is 68.1 Å². The van der Waals surface area contributed by atoms with Gasteiger partial charge in [0.1, 0.15) is 11.6 Å². The molecule has 3 aromatic rings. The maximum Gasteiger partial charge on any atom is 0.336 e. The van der Waals surface area contributed by atoms with Crippen LogP contribution in [0.15, 0.2) is 48.7 Å². The van der Waals surface area contributed by atoms with Gasteiger partial charge in [0, 0.05) is 44.2 Å². The van der Waals surface area contributed by atoms with Gasteiger partial charge < -0.3 is 30.3 Å². The molecule has 1 fully saturated rings. The van der Waals surface area contributed by atoms with Crippen LogP contribution in [-0.4, -0.2) is 72.4 Å². The molecular weight excluding hydrogens is 580 g/mol. The third-order valence-electron chi connectivity index (χ3n) is 7.64. The van der Waals surface area contributed by atoms with Gasteiger partial charge in [-0.25, -0.2) is 13.6 Å². The van der Waals surface area contributed by atoms with Crippen LogP contribution < -0.4 is 5.32 Å². The Bertz CT molecular complexity index is 1500. The molecule has 4 rings (SSSR count). The van der Waals surface area contributed by atoms with E-state index in [1.165, 1.54) is 30.7 Å². The molecule has 11 nitrogen and oxygen atoms in total. The fourth-order valence-electron chi connectivity index (χ4n) is 5.49. The molecule has 2 heterocycles. The van der Waals surface area contributed by atoms with Crippen molar-refractivity contribution in [3.05, 3.63) is 71.4 Å². The van der Waals surface area contributed by atoms with E-state index >= 15 is 0 Å². The molecule has 0 unspecified atom stereocenters. The molecule has 1 aliphatic heterocycles. The first-order valence-electron chi connectivity index (χ1n) is 14.0. The Balaban J connectivity index is 0.000000345. The molecule has 0 radical (unpaired) electrons. The molecule has 1 aromatic heterocycles. The Morgan fingerprint density at radius 3 is 1.95 bits per heavy atom. The minimum Gasteiger partial charge on any atom is -0.481 e. The Morgan fingerprint density at radius 1 is 0.932 bits per heavy atom. The number of nitrogens with zero attached hydrogens (tertiary/aromatic N) is 2. The zero-order valence-electron chi connectivity index (χ0n) is 24.7. The number of aromatic nitrogens is 1. The number of carboxylic acids is 3. The van der Waals surface area contributed by atoms with Gasteiger partial charge in [-0.2, -0.15) is 0 Å². The molecule has 0 atom stereocenters. The van der Waals surface area contributed by atoms with Crippen LogP contribution in [0.4, 0.5) is 8.78 Å². The second kappa shape index (κ2) is 14.0. The standard InChI is InChI=1S/C25H29F2N3O.C6H8O7/c1-17(2)30-16-19(23-9-8-22(27)14-24(23)30)15-29-12-10-25(11-13-29,28-18(3)31)20-4-6-21(26)7-5-20;7-3(8)1-6(13,5(11)12)2-4(9)10/h4-9,14,16-17H,10-13,15H2,1-3H3,(H,28,31);13H,1-2H2,(H,7,8)(H,9,10)(H,11,12). The zero-order chi connectivity index (χ0) is 32.8. The summed E-state index contributed by atoms with van der Waals surface area (Å²) in [6, 6.07) is 11.7. The number of hydrogen-bond donors (Lipinski definition) is 5. The highest BCUT2D eigenvalue weighted by molar-refractivity contribution is 5.88. The van der Waals surface area contributed by atoms with Gasteiger partial charge in [0.05, 0.1) is 23.9 Å².